The Kier molecular flexibility index (Phi) is 5.75. The van der Waals surface area contributed by atoms with Gasteiger partial charge in [-0.05, 0) is 24.3 Å². The minimum Gasteiger partial charge on any atom is -0.464 e. The maximum absolute atomic E-state index is 13.1. The highest BCUT2D eigenvalue weighted by molar-refractivity contribution is 6.30. The molecule has 3 aromatic rings. The van der Waals surface area contributed by atoms with Gasteiger partial charge in [-0.3, -0.25) is 9.80 Å². The topological polar surface area (TPSA) is 110 Å². The fourth-order valence-electron chi connectivity index (χ4n) is 3.87. The number of nitrogens with one attached hydrogen (secondary N) is 2. The molecule has 13 heteroatoms. The first-order chi connectivity index (χ1) is 16.4. The van der Waals surface area contributed by atoms with Crippen LogP contribution in [-0.2, 0) is 9.53 Å². The van der Waals surface area contributed by atoms with Gasteiger partial charge in [0.2, 0.25) is 0 Å². The molecule has 4 heterocycles. The molecule has 2 aliphatic heterocycles. The molecule has 5 rings (SSSR count). The van der Waals surface area contributed by atoms with Gasteiger partial charge in [-0.15, -0.1) is 0 Å². The smallest absolute Gasteiger partial charge is 0.387 e. The number of hydrogen-bond acceptors (Lipinski definition) is 8. The van der Waals surface area contributed by atoms with Crippen LogP contribution in [0.3, 0.4) is 0 Å². The van der Waals surface area contributed by atoms with E-state index in [9.17, 15) is 18.4 Å². The van der Waals surface area contributed by atoms with Crippen molar-refractivity contribution in [3.63, 3.8) is 0 Å². The van der Waals surface area contributed by atoms with Gasteiger partial charge in [0.25, 0.3) is 5.91 Å². The number of rotatable bonds is 6. The summed E-state index contributed by atoms with van der Waals surface area (Å²) < 4.78 is 37.3. The molecule has 1 fully saturated rings. The molecule has 1 aromatic carbocycles. The third-order valence-corrected chi connectivity index (χ3v) is 5.63. The molecule has 2 aromatic heterocycles. The van der Waals surface area contributed by atoms with E-state index in [4.69, 9.17) is 16.3 Å². The zero-order chi connectivity index (χ0) is 23.8. The van der Waals surface area contributed by atoms with E-state index in [1.807, 2.05) is 0 Å². The van der Waals surface area contributed by atoms with Crippen LogP contribution >= 0.6 is 11.6 Å². The first-order valence-corrected chi connectivity index (χ1v) is 10.6. The summed E-state index contributed by atoms with van der Waals surface area (Å²) in [7, 11) is 0. The van der Waals surface area contributed by atoms with E-state index < -0.39 is 30.6 Å². The maximum atomic E-state index is 13.1. The first kappa shape index (κ1) is 22.0. The summed E-state index contributed by atoms with van der Waals surface area (Å²) >= 11 is 6.13. The lowest BCUT2D eigenvalue weighted by Crippen LogP contribution is -2.42. The quantitative estimate of drug-likeness (QED) is 0.507. The third kappa shape index (κ3) is 4.13. The lowest BCUT2D eigenvalue weighted by molar-refractivity contribution is -0.142. The van der Waals surface area contributed by atoms with Gasteiger partial charge in [-0.1, -0.05) is 11.6 Å². The van der Waals surface area contributed by atoms with Crippen molar-refractivity contribution in [3.05, 3.63) is 70.9 Å². The molecule has 2 unspecified atom stereocenters. The molecule has 34 heavy (non-hydrogen) atoms. The Balaban J connectivity index is 1.51. The molecule has 2 N–H and O–H groups in total. The minimum atomic E-state index is -3.07. The molecule has 0 spiro atoms. The lowest BCUT2D eigenvalue weighted by atomic mass is 10.0. The molecule has 0 saturated carbocycles. The molecule has 2 atom stereocenters. The summed E-state index contributed by atoms with van der Waals surface area (Å²) in [5.41, 5.74) is 4.12. The fraction of sp³-hybridized carbons (Fsp3) is 0.238. The molecular formula is C21H17ClF2N6O4. The molecule has 10 nitrogen and oxygen atoms in total. The number of nitrogens with zero attached hydrogens (tertiary/aromatic N) is 4. The number of carbonyl (C=O) groups excluding carboxylic acids is 2. The van der Waals surface area contributed by atoms with Crippen LogP contribution in [0, 0.1) is 0 Å². The Bertz CT molecular complexity index is 1300. The lowest BCUT2D eigenvalue weighted by Gasteiger charge is -2.25. The van der Waals surface area contributed by atoms with Gasteiger partial charge >= 0.3 is 12.6 Å². The van der Waals surface area contributed by atoms with Crippen LogP contribution in [0.2, 0.25) is 5.02 Å². The number of aromatic nitrogens is 3. The monoisotopic (exact) mass is 490 g/mol. The van der Waals surface area contributed by atoms with Crippen molar-refractivity contribution in [2.45, 2.75) is 25.1 Å². The molecule has 1 amide bonds. The van der Waals surface area contributed by atoms with E-state index in [1.54, 1.807) is 12.3 Å². The highest BCUT2D eigenvalue weighted by atomic mass is 35.5. The second-order valence-electron chi connectivity index (χ2n) is 7.49. The number of benzene rings is 1. The molecule has 2 aliphatic rings. The maximum Gasteiger partial charge on any atom is 0.387 e. The van der Waals surface area contributed by atoms with Crippen LogP contribution in [0.25, 0.3) is 5.65 Å². The second-order valence-corrected chi connectivity index (χ2v) is 7.92. The van der Waals surface area contributed by atoms with Crippen LogP contribution in [0.5, 0.6) is 5.75 Å². The number of halogens is 3. The van der Waals surface area contributed by atoms with E-state index in [0.717, 1.165) is 0 Å². The van der Waals surface area contributed by atoms with E-state index in [1.165, 1.54) is 46.3 Å². The summed E-state index contributed by atoms with van der Waals surface area (Å²) in [5.74, 6) is -1.11. The van der Waals surface area contributed by atoms with Crippen LogP contribution in [0.1, 0.15) is 28.4 Å². The van der Waals surface area contributed by atoms with E-state index in [-0.39, 0.29) is 34.2 Å². The first-order valence-electron chi connectivity index (χ1n) is 10.2. The van der Waals surface area contributed by atoms with E-state index in [2.05, 4.69) is 25.6 Å². The summed E-state index contributed by atoms with van der Waals surface area (Å²) in [6.07, 6.45) is 6.47. The van der Waals surface area contributed by atoms with Crippen molar-refractivity contribution < 1.29 is 27.8 Å². The SMILES string of the molecule is O=C(NC1=CN(C2CCOC2=O)NC1c1cc(Cl)ccc1OC(F)F)c1cnn2cccnc12. The summed E-state index contributed by atoms with van der Waals surface area (Å²) in [5, 5.41) is 8.64. The number of alkyl halides is 2. The van der Waals surface area contributed by atoms with Gasteiger partial charge in [-0.2, -0.15) is 13.9 Å². The van der Waals surface area contributed by atoms with Crippen LogP contribution in [-0.4, -0.2) is 50.7 Å². The predicted molar refractivity (Wildman–Crippen MR) is 114 cm³/mol. The number of hydrogen-bond donors (Lipinski definition) is 2. The van der Waals surface area contributed by atoms with Crippen molar-refractivity contribution in [2.24, 2.45) is 0 Å². The van der Waals surface area contributed by atoms with Gasteiger partial charge in [-0.25, -0.2) is 19.7 Å². The van der Waals surface area contributed by atoms with E-state index in [0.29, 0.717) is 12.1 Å². The van der Waals surface area contributed by atoms with E-state index >= 15 is 0 Å². The number of amides is 1. The Morgan fingerprint density at radius 2 is 2.24 bits per heavy atom. The highest BCUT2D eigenvalue weighted by Gasteiger charge is 2.38. The molecule has 0 bridgehead atoms. The van der Waals surface area contributed by atoms with Gasteiger partial charge in [0.15, 0.2) is 5.65 Å². The van der Waals surface area contributed by atoms with Crippen molar-refractivity contribution in [2.75, 3.05) is 6.61 Å². The average Bonchev–Trinajstić information content (AvgIpc) is 3.52. The zero-order valence-electron chi connectivity index (χ0n) is 17.3. The number of ether oxygens (including phenoxy) is 2. The van der Waals surface area contributed by atoms with Crippen molar-refractivity contribution in [1.82, 2.24) is 30.3 Å². The van der Waals surface area contributed by atoms with Gasteiger partial charge in [0.05, 0.1) is 24.5 Å². The number of cyclic esters (lactones) is 1. The van der Waals surface area contributed by atoms with Gasteiger partial charge in [0.1, 0.15) is 17.4 Å². The predicted octanol–water partition coefficient (Wildman–Crippen LogP) is 2.43. The largest absolute Gasteiger partial charge is 0.464 e. The van der Waals surface area contributed by atoms with Crippen molar-refractivity contribution in [1.29, 1.82) is 0 Å². The van der Waals surface area contributed by atoms with Gasteiger partial charge in [0, 0.05) is 35.6 Å². The van der Waals surface area contributed by atoms with Crippen molar-refractivity contribution >= 4 is 29.1 Å². The Morgan fingerprint density at radius 1 is 1.38 bits per heavy atom. The molecular weight excluding hydrogens is 474 g/mol. The summed E-state index contributed by atoms with van der Waals surface area (Å²) in [6.45, 7) is -2.83. The number of carbonyl (C=O) groups is 2. The third-order valence-electron chi connectivity index (χ3n) is 5.39. The van der Waals surface area contributed by atoms with Crippen LogP contribution in [0.15, 0.2) is 54.8 Å². The fourth-order valence-corrected chi connectivity index (χ4v) is 4.05. The Morgan fingerprint density at radius 3 is 3.00 bits per heavy atom. The van der Waals surface area contributed by atoms with Gasteiger partial charge < -0.3 is 14.8 Å². The minimum absolute atomic E-state index is 0.134. The summed E-state index contributed by atoms with van der Waals surface area (Å²) in [4.78, 5) is 29.4. The number of hydrazine groups is 1. The highest BCUT2D eigenvalue weighted by Crippen LogP contribution is 2.36. The van der Waals surface area contributed by atoms with Crippen molar-refractivity contribution in [3.8, 4) is 5.75 Å². The second kappa shape index (κ2) is 8.88. The molecule has 176 valence electrons. The normalized spacial score (nSPS) is 20.1. The average molecular weight is 491 g/mol. The molecule has 0 radical (unpaired) electrons. The standard InChI is InChI=1S/C21H17ClF2N6O4/c22-11-2-3-16(34-21(23)24)12(8-11)17-14(10-30(28-17)15-4-7-33-20(15)32)27-19(31)13-9-26-29-6-1-5-25-18(13)29/h1-3,5-6,8-10,15,17,21,28H,4,7H2,(H,27,31). The molecule has 1 saturated heterocycles. The molecule has 0 aliphatic carbocycles. The Hall–Kier alpha value is -3.77. The zero-order valence-corrected chi connectivity index (χ0v) is 18.1. The Labute approximate surface area is 196 Å². The summed E-state index contributed by atoms with van der Waals surface area (Å²) in [6, 6.07) is 4.32. The van der Waals surface area contributed by atoms with Crippen LogP contribution in [0.4, 0.5) is 8.78 Å². The number of esters is 1. The van der Waals surface area contributed by atoms with Crippen LogP contribution < -0.4 is 15.5 Å². The number of fused-ring (bicyclic) bond motifs is 1.